The van der Waals surface area contributed by atoms with Gasteiger partial charge in [-0.05, 0) is 33.3 Å². The Bertz CT molecular complexity index is 293. The summed E-state index contributed by atoms with van der Waals surface area (Å²) in [4.78, 5) is 0. The summed E-state index contributed by atoms with van der Waals surface area (Å²) in [6.07, 6.45) is 0. The van der Waals surface area contributed by atoms with Crippen molar-refractivity contribution in [2.75, 3.05) is 11.5 Å². The van der Waals surface area contributed by atoms with Gasteiger partial charge in [0.1, 0.15) is 5.73 Å². The van der Waals surface area contributed by atoms with Crippen molar-refractivity contribution >= 4 is 18.9 Å². The molecular weight excluding hydrogens is 214 g/mol. The van der Waals surface area contributed by atoms with Crippen molar-refractivity contribution in [2.45, 2.75) is 38.9 Å². The number of thioether (sulfide) groups is 1. The highest BCUT2D eigenvalue weighted by atomic mass is 32.2. The van der Waals surface area contributed by atoms with Crippen molar-refractivity contribution in [3.8, 4) is 0 Å². The molecule has 0 N–H and O–H groups in total. The van der Waals surface area contributed by atoms with Gasteiger partial charge in [-0.1, -0.05) is 0 Å². The van der Waals surface area contributed by atoms with Crippen LogP contribution in [0.4, 0.5) is 4.39 Å². The standard InChI is InChI=1S/C10H16BFO2S/c1-9(2)10(3,4)14-11(13-9)8(12)7-5-15-6-7/h5-6H2,1-4H3. The Kier molecular flexibility index (Phi) is 2.68. The molecule has 5 heteroatoms. The molecule has 84 valence electrons. The average Bonchev–Trinajstić information content (AvgIpc) is 2.17. The summed E-state index contributed by atoms with van der Waals surface area (Å²) < 4.78 is 25.1. The molecule has 2 heterocycles. The van der Waals surface area contributed by atoms with Crippen LogP contribution in [0, 0.1) is 0 Å². The summed E-state index contributed by atoms with van der Waals surface area (Å²) in [5, 5.41) is 0. The molecule has 2 rings (SSSR count). The topological polar surface area (TPSA) is 18.5 Å². The first-order chi connectivity index (χ1) is 6.83. The van der Waals surface area contributed by atoms with Crippen LogP contribution < -0.4 is 0 Å². The maximum atomic E-state index is 13.9. The third kappa shape index (κ3) is 1.85. The summed E-state index contributed by atoms with van der Waals surface area (Å²) >= 11 is 1.72. The zero-order valence-electron chi connectivity index (χ0n) is 9.59. The molecule has 0 radical (unpaired) electrons. The van der Waals surface area contributed by atoms with Gasteiger partial charge in [-0.25, -0.2) is 4.39 Å². The maximum absolute atomic E-state index is 13.9. The fraction of sp³-hybridized carbons (Fsp3) is 0.800. The fourth-order valence-electron chi connectivity index (χ4n) is 1.46. The van der Waals surface area contributed by atoms with E-state index in [4.69, 9.17) is 9.31 Å². The van der Waals surface area contributed by atoms with Gasteiger partial charge < -0.3 is 9.31 Å². The average molecular weight is 230 g/mol. The van der Waals surface area contributed by atoms with Gasteiger partial charge in [0, 0.05) is 11.5 Å². The first-order valence-corrected chi connectivity index (χ1v) is 6.30. The van der Waals surface area contributed by atoms with Gasteiger partial charge in [0.25, 0.3) is 0 Å². The highest BCUT2D eigenvalue weighted by Crippen LogP contribution is 2.40. The van der Waals surface area contributed by atoms with E-state index in [9.17, 15) is 4.39 Å². The summed E-state index contributed by atoms with van der Waals surface area (Å²) in [6.45, 7) is 7.72. The molecule has 0 aromatic heterocycles. The first kappa shape index (κ1) is 11.5. The minimum atomic E-state index is -0.800. The Balaban J connectivity index is 2.16. The van der Waals surface area contributed by atoms with Crippen LogP contribution in [0.2, 0.25) is 0 Å². The van der Waals surface area contributed by atoms with E-state index in [2.05, 4.69) is 0 Å². The minimum Gasteiger partial charge on any atom is -0.398 e. The maximum Gasteiger partial charge on any atom is 0.525 e. The molecule has 0 spiro atoms. The number of halogens is 1. The van der Waals surface area contributed by atoms with Gasteiger partial charge >= 0.3 is 7.12 Å². The third-order valence-electron chi connectivity index (χ3n) is 3.35. The first-order valence-electron chi connectivity index (χ1n) is 5.14. The van der Waals surface area contributed by atoms with Crippen molar-refractivity contribution in [1.82, 2.24) is 0 Å². The highest BCUT2D eigenvalue weighted by molar-refractivity contribution is 8.01. The zero-order valence-corrected chi connectivity index (χ0v) is 10.4. The van der Waals surface area contributed by atoms with Crippen molar-refractivity contribution in [3.63, 3.8) is 0 Å². The van der Waals surface area contributed by atoms with Crippen molar-refractivity contribution in [2.24, 2.45) is 0 Å². The van der Waals surface area contributed by atoms with Crippen LogP contribution >= 0.6 is 11.8 Å². The summed E-state index contributed by atoms with van der Waals surface area (Å²) in [5.41, 5.74) is -0.287. The zero-order chi connectivity index (χ0) is 11.3. The minimum absolute atomic E-state index is 0.215. The van der Waals surface area contributed by atoms with Crippen molar-refractivity contribution < 1.29 is 13.7 Å². The van der Waals surface area contributed by atoms with Crippen molar-refractivity contribution in [1.29, 1.82) is 0 Å². The molecule has 0 bridgehead atoms. The van der Waals surface area contributed by atoms with E-state index in [1.165, 1.54) is 0 Å². The molecule has 2 aliphatic heterocycles. The van der Waals surface area contributed by atoms with E-state index in [1.807, 2.05) is 27.7 Å². The number of rotatable bonds is 1. The Morgan fingerprint density at radius 3 is 2.00 bits per heavy atom. The predicted molar refractivity (Wildman–Crippen MR) is 61.5 cm³/mol. The smallest absolute Gasteiger partial charge is 0.398 e. The third-order valence-corrected chi connectivity index (χ3v) is 4.46. The van der Waals surface area contributed by atoms with Crippen molar-refractivity contribution in [3.05, 3.63) is 11.3 Å². The van der Waals surface area contributed by atoms with E-state index in [0.717, 1.165) is 17.1 Å². The monoisotopic (exact) mass is 230 g/mol. The fourth-order valence-corrected chi connectivity index (χ4v) is 2.14. The highest BCUT2D eigenvalue weighted by Gasteiger charge is 2.53. The van der Waals surface area contributed by atoms with Gasteiger partial charge in [0.05, 0.1) is 11.2 Å². The normalized spacial score (nSPS) is 27.8. The van der Waals surface area contributed by atoms with Crippen LogP contribution in [0.1, 0.15) is 27.7 Å². The summed E-state index contributed by atoms with van der Waals surface area (Å²) in [7, 11) is -0.800. The van der Waals surface area contributed by atoms with E-state index in [-0.39, 0.29) is 5.73 Å². The molecule has 0 unspecified atom stereocenters. The lowest BCUT2D eigenvalue weighted by Gasteiger charge is -2.32. The SMILES string of the molecule is CC1(C)OB(C(F)=C2CSC2)OC1(C)C. The molecule has 2 saturated heterocycles. The molecule has 0 atom stereocenters. The van der Waals surface area contributed by atoms with Gasteiger partial charge in [-0.3, -0.25) is 0 Å². The second kappa shape index (κ2) is 3.50. The Labute approximate surface area is 94.7 Å². The molecule has 0 aromatic rings. The number of hydrogen-bond acceptors (Lipinski definition) is 3. The van der Waals surface area contributed by atoms with Crippen LogP contribution in [-0.2, 0) is 9.31 Å². The molecule has 15 heavy (non-hydrogen) atoms. The van der Waals surface area contributed by atoms with Crippen LogP contribution in [0.3, 0.4) is 0 Å². The predicted octanol–water partition coefficient (Wildman–Crippen LogP) is 2.59. The number of hydrogen-bond donors (Lipinski definition) is 0. The van der Waals surface area contributed by atoms with Gasteiger partial charge in [-0.2, -0.15) is 11.8 Å². The quantitative estimate of drug-likeness (QED) is 0.645. The molecular formula is C10H16BFO2S. The van der Waals surface area contributed by atoms with Gasteiger partial charge in [-0.15, -0.1) is 0 Å². The van der Waals surface area contributed by atoms with Gasteiger partial charge in [0.2, 0.25) is 0 Å². The molecule has 0 amide bonds. The molecule has 0 aliphatic carbocycles. The second-order valence-corrected chi connectivity index (χ2v) is 6.02. The van der Waals surface area contributed by atoms with E-state index < -0.39 is 18.3 Å². The Hall–Kier alpha value is 0.00494. The Morgan fingerprint density at radius 2 is 1.67 bits per heavy atom. The molecule has 2 fully saturated rings. The molecule has 0 aromatic carbocycles. The van der Waals surface area contributed by atoms with Gasteiger partial charge in [0.15, 0.2) is 0 Å². The van der Waals surface area contributed by atoms with E-state index in [1.54, 1.807) is 11.8 Å². The van der Waals surface area contributed by atoms with E-state index >= 15 is 0 Å². The second-order valence-electron chi connectivity index (χ2n) is 5.03. The van der Waals surface area contributed by atoms with Crippen LogP contribution in [0.15, 0.2) is 11.3 Å². The summed E-state index contributed by atoms with van der Waals surface area (Å²) in [6, 6.07) is 0. The van der Waals surface area contributed by atoms with Crippen LogP contribution in [0.5, 0.6) is 0 Å². The largest absolute Gasteiger partial charge is 0.525 e. The lowest BCUT2D eigenvalue weighted by molar-refractivity contribution is 0.00578. The van der Waals surface area contributed by atoms with Crippen LogP contribution in [0.25, 0.3) is 0 Å². The molecule has 2 nitrogen and oxygen atoms in total. The summed E-state index contributed by atoms with van der Waals surface area (Å²) in [5.74, 6) is 1.55. The lowest BCUT2D eigenvalue weighted by atomic mass is 9.85. The Morgan fingerprint density at radius 1 is 1.20 bits per heavy atom. The van der Waals surface area contributed by atoms with Crippen LogP contribution in [-0.4, -0.2) is 29.8 Å². The van der Waals surface area contributed by atoms with E-state index in [0.29, 0.717) is 0 Å². The molecule has 2 aliphatic rings. The lowest BCUT2D eigenvalue weighted by Crippen LogP contribution is -2.41. The molecule has 0 saturated carbocycles.